The molecular weight excluding hydrogens is 286 g/mol. The van der Waals surface area contributed by atoms with Crippen LogP contribution in [0.3, 0.4) is 0 Å². The van der Waals surface area contributed by atoms with Crippen LogP contribution in [0, 0.1) is 5.92 Å². The van der Waals surface area contributed by atoms with Gasteiger partial charge >= 0.3 is 0 Å². The predicted molar refractivity (Wildman–Crippen MR) is 74.0 cm³/mol. The highest BCUT2D eigenvalue weighted by molar-refractivity contribution is 7.87. The molecule has 1 aliphatic heterocycles. The van der Waals surface area contributed by atoms with Crippen molar-refractivity contribution in [2.24, 2.45) is 5.92 Å². The number of thiazole rings is 1. The molecule has 8 heteroatoms. The van der Waals surface area contributed by atoms with Crippen LogP contribution in [0.15, 0.2) is 10.9 Å². The molecule has 1 aliphatic rings. The number of hydrogen-bond acceptors (Lipinski definition) is 5. The second-order valence-electron chi connectivity index (χ2n) is 4.63. The summed E-state index contributed by atoms with van der Waals surface area (Å²) in [6.45, 7) is 1.96. The number of methoxy groups -OCH3 is 1. The van der Waals surface area contributed by atoms with Gasteiger partial charge in [0, 0.05) is 25.6 Å². The van der Waals surface area contributed by atoms with Gasteiger partial charge < -0.3 is 4.74 Å². The minimum Gasteiger partial charge on any atom is -0.384 e. The highest BCUT2D eigenvalue weighted by Crippen LogP contribution is 2.18. The van der Waals surface area contributed by atoms with Crippen LogP contribution >= 0.6 is 11.3 Å². The molecule has 0 aliphatic carbocycles. The fraction of sp³-hybridized carbons (Fsp3) is 0.727. The van der Waals surface area contributed by atoms with Crippen molar-refractivity contribution in [3.63, 3.8) is 0 Å². The Morgan fingerprint density at radius 3 is 3.16 bits per heavy atom. The summed E-state index contributed by atoms with van der Waals surface area (Å²) in [7, 11) is -1.77. The Hall–Kier alpha value is -0.540. The minimum absolute atomic E-state index is 0.247. The smallest absolute Gasteiger partial charge is 0.279 e. The first-order valence-corrected chi connectivity index (χ1v) is 8.61. The summed E-state index contributed by atoms with van der Waals surface area (Å²) in [6.07, 6.45) is 1.90. The fourth-order valence-corrected chi connectivity index (χ4v) is 4.05. The number of hydrogen-bond donors (Lipinski definition) is 1. The van der Waals surface area contributed by atoms with Gasteiger partial charge in [0.1, 0.15) is 0 Å². The van der Waals surface area contributed by atoms with E-state index in [4.69, 9.17) is 4.74 Å². The van der Waals surface area contributed by atoms with Gasteiger partial charge in [-0.15, -0.1) is 11.3 Å². The van der Waals surface area contributed by atoms with Crippen molar-refractivity contribution in [3.8, 4) is 0 Å². The summed E-state index contributed by atoms with van der Waals surface area (Å²) in [4.78, 5) is 4.06. The van der Waals surface area contributed by atoms with Gasteiger partial charge in [-0.3, -0.25) is 0 Å². The summed E-state index contributed by atoms with van der Waals surface area (Å²) >= 11 is 1.46. The third-order valence-electron chi connectivity index (χ3n) is 3.14. The van der Waals surface area contributed by atoms with Crippen molar-refractivity contribution >= 4 is 21.5 Å². The Bertz CT molecular complexity index is 473. The van der Waals surface area contributed by atoms with Crippen LogP contribution in [0.25, 0.3) is 0 Å². The highest BCUT2D eigenvalue weighted by atomic mass is 32.2. The second kappa shape index (κ2) is 6.76. The van der Waals surface area contributed by atoms with Crippen LogP contribution in [0.1, 0.15) is 18.5 Å². The molecule has 1 aromatic heterocycles. The molecule has 19 heavy (non-hydrogen) atoms. The van der Waals surface area contributed by atoms with Crippen LogP contribution in [0.4, 0.5) is 0 Å². The molecule has 1 aromatic rings. The lowest BCUT2D eigenvalue weighted by molar-refractivity contribution is 0.118. The van der Waals surface area contributed by atoms with Crippen LogP contribution in [-0.4, -0.2) is 44.5 Å². The van der Waals surface area contributed by atoms with E-state index in [0.717, 1.165) is 18.5 Å². The van der Waals surface area contributed by atoms with Gasteiger partial charge in [0.15, 0.2) is 0 Å². The highest BCUT2D eigenvalue weighted by Gasteiger charge is 2.28. The Morgan fingerprint density at radius 2 is 2.47 bits per heavy atom. The molecule has 0 radical (unpaired) electrons. The van der Waals surface area contributed by atoms with E-state index in [1.807, 2.05) is 5.38 Å². The number of ether oxygens (including phenoxy) is 1. The Kier molecular flexibility index (Phi) is 5.28. The number of nitrogens with zero attached hydrogens (tertiary/aromatic N) is 2. The maximum Gasteiger partial charge on any atom is 0.279 e. The van der Waals surface area contributed by atoms with Crippen molar-refractivity contribution in [1.29, 1.82) is 0 Å². The van der Waals surface area contributed by atoms with Crippen LogP contribution in [0.2, 0.25) is 0 Å². The summed E-state index contributed by atoms with van der Waals surface area (Å²) in [5.41, 5.74) is 2.44. The summed E-state index contributed by atoms with van der Waals surface area (Å²) in [6, 6.07) is 0. The van der Waals surface area contributed by atoms with Gasteiger partial charge in [0.2, 0.25) is 0 Å². The van der Waals surface area contributed by atoms with E-state index in [9.17, 15) is 8.42 Å². The van der Waals surface area contributed by atoms with E-state index in [-0.39, 0.29) is 12.5 Å². The van der Waals surface area contributed by atoms with Crippen molar-refractivity contribution in [2.45, 2.75) is 19.4 Å². The number of rotatable bonds is 6. The zero-order chi connectivity index (χ0) is 13.7. The van der Waals surface area contributed by atoms with Crippen LogP contribution in [0.5, 0.6) is 0 Å². The molecular formula is C11H19N3O3S2. The molecule has 1 N–H and O–H groups in total. The van der Waals surface area contributed by atoms with E-state index in [2.05, 4.69) is 9.71 Å². The zero-order valence-corrected chi connectivity index (χ0v) is 12.5. The van der Waals surface area contributed by atoms with E-state index in [1.54, 1.807) is 12.6 Å². The van der Waals surface area contributed by atoms with Crippen molar-refractivity contribution in [3.05, 3.63) is 16.6 Å². The third kappa shape index (κ3) is 4.22. The Morgan fingerprint density at radius 1 is 1.63 bits per heavy atom. The molecule has 0 amide bonds. The van der Waals surface area contributed by atoms with Gasteiger partial charge in [0.05, 0.1) is 24.4 Å². The Balaban J connectivity index is 1.91. The van der Waals surface area contributed by atoms with E-state index < -0.39 is 10.2 Å². The standard InChI is InChI=1S/C11H19N3O3S2/c1-17-7-10-3-2-4-14(6-10)19(15,16)13-5-11-8-18-9-12-11/h8-10,13H,2-7H2,1H3/t10-/m1/s1. The SMILES string of the molecule is COC[C@@H]1CCCN(S(=O)(=O)NCc2cscn2)C1. The predicted octanol–water partition coefficient (Wildman–Crippen LogP) is 0.836. The molecule has 108 valence electrons. The van der Waals surface area contributed by atoms with Crippen molar-refractivity contribution < 1.29 is 13.2 Å². The molecule has 0 aromatic carbocycles. The zero-order valence-electron chi connectivity index (χ0n) is 10.9. The first-order valence-electron chi connectivity index (χ1n) is 6.22. The van der Waals surface area contributed by atoms with E-state index in [1.165, 1.54) is 15.6 Å². The molecule has 0 unspecified atom stereocenters. The molecule has 0 bridgehead atoms. The fourth-order valence-electron chi connectivity index (χ4n) is 2.20. The lowest BCUT2D eigenvalue weighted by Gasteiger charge is -2.31. The lowest BCUT2D eigenvalue weighted by Crippen LogP contribution is -2.46. The van der Waals surface area contributed by atoms with Gasteiger partial charge in [-0.1, -0.05) is 0 Å². The molecule has 2 heterocycles. The topological polar surface area (TPSA) is 71.5 Å². The van der Waals surface area contributed by atoms with Gasteiger partial charge in [0.25, 0.3) is 10.2 Å². The van der Waals surface area contributed by atoms with Gasteiger partial charge in [-0.2, -0.15) is 17.4 Å². The first kappa shape index (κ1) is 14.9. The van der Waals surface area contributed by atoms with E-state index in [0.29, 0.717) is 19.7 Å². The third-order valence-corrected chi connectivity index (χ3v) is 5.30. The van der Waals surface area contributed by atoms with Gasteiger partial charge in [-0.05, 0) is 18.8 Å². The van der Waals surface area contributed by atoms with Crippen molar-refractivity contribution in [1.82, 2.24) is 14.0 Å². The molecule has 2 rings (SSSR count). The summed E-state index contributed by atoms with van der Waals surface area (Å²) in [5, 5.41) is 1.84. The molecule has 1 fully saturated rings. The average Bonchev–Trinajstić information content (AvgIpc) is 2.90. The van der Waals surface area contributed by atoms with Crippen LogP contribution < -0.4 is 4.72 Å². The largest absolute Gasteiger partial charge is 0.384 e. The number of aromatic nitrogens is 1. The number of piperidine rings is 1. The average molecular weight is 305 g/mol. The normalized spacial score (nSPS) is 21.6. The lowest BCUT2D eigenvalue weighted by atomic mass is 10.0. The second-order valence-corrected chi connectivity index (χ2v) is 7.10. The van der Waals surface area contributed by atoms with Crippen LogP contribution in [-0.2, 0) is 21.5 Å². The minimum atomic E-state index is -3.42. The Labute approximate surface area is 118 Å². The first-order chi connectivity index (χ1) is 9.12. The van der Waals surface area contributed by atoms with Crippen molar-refractivity contribution in [2.75, 3.05) is 26.8 Å². The van der Waals surface area contributed by atoms with E-state index >= 15 is 0 Å². The maximum atomic E-state index is 12.2. The molecule has 1 atom stereocenters. The quantitative estimate of drug-likeness (QED) is 0.845. The number of nitrogens with one attached hydrogen (secondary N) is 1. The molecule has 0 spiro atoms. The van der Waals surface area contributed by atoms with Gasteiger partial charge in [-0.25, -0.2) is 4.98 Å². The monoisotopic (exact) mass is 305 g/mol. The summed E-state index contributed by atoms with van der Waals surface area (Å²) < 4.78 is 33.6. The molecule has 1 saturated heterocycles. The maximum absolute atomic E-state index is 12.2. The molecule has 6 nitrogen and oxygen atoms in total. The summed E-state index contributed by atoms with van der Waals surface area (Å²) in [5.74, 6) is 0.287. The molecule has 0 saturated carbocycles.